The minimum Gasteiger partial charge on any atom is -0.504 e. The average Bonchev–Trinajstić information content (AvgIpc) is 2.96. The van der Waals surface area contributed by atoms with Crippen LogP contribution >= 0.6 is 0 Å². The Morgan fingerprint density at radius 2 is 1.32 bits per heavy atom. The zero-order valence-electron chi connectivity index (χ0n) is 23.4. The fourth-order valence-electron chi connectivity index (χ4n) is 8.63. The number of phenolic OH excluding ortho intramolecular Hbond substituents is 4. The second-order valence-electron chi connectivity index (χ2n) is 12.6. The summed E-state index contributed by atoms with van der Waals surface area (Å²) in [4.78, 5) is 26.8. The van der Waals surface area contributed by atoms with E-state index >= 15 is 0 Å². The number of hydrogen-bond donors (Lipinski definition) is 6. The van der Waals surface area contributed by atoms with Gasteiger partial charge in [-0.25, -0.2) is 0 Å². The number of hydrogen-bond acceptors (Lipinski definition) is 11. The topological polar surface area (TPSA) is 183 Å². The van der Waals surface area contributed by atoms with E-state index in [2.05, 4.69) is 0 Å². The standard InChI is InChI=1S/C33H28O11/c1-42-29-31(41)11-16-5-23(37)25(39)8-20(16)33(29)12-18(21(35)9-27(33)44-14-31)28-30(40)10-15-4-22(36)24(38)7-19(15)32(28)3-2-17(34)6-26(32)43-13-30/h2-9,12,28-29,36-41H,10-11,13-14H2,1H3/t28?,29?,30-,31-,32+,33+/m0/s1. The summed E-state index contributed by atoms with van der Waals surface area (Å²) in [6.45, 7) is -0.489. The molecule has 2 aromatic carbocycles. The quantitative estimate of drug-likeness (QED) is 0.274. The highest BCUT2D eigenvalue weighted by Crippen LogP contribution is 2.62. The Morgan fingerprint density at radius 3 is 1.95 bits per heavy atom. The molecule has 6 aliphatic rings. The van der Waals surface area contributed by atoms with Crippen molar-refractivity contribution < 1.29 is 54.4 Å². The number of benzene rings is 2. The molecule has 4 aliphatic carbocycles. The van der Waals surface area contributed by atoms with Crippen molar-refractivity contribution in [3.05, 3.63) is 94.0 Å². The van der Waals surface area contributed by atoms with Crippen LogP contribution in [-0.4, -0.2) is 79.8 Å². The first kappa shape index (κ1) is 27.0. The molecule has 2 spiro atoms. The molecule has 2 fully saturated rings. The summed E-state index contributed by atoms with van der Waals surface area (Å²) in [5, 5.41) is 66.2. The fourth-order valence-corrected chi connectivity index (χ4v) is 8.63. The summed E-state index contributed by atoms with van der Waals surface area (Å²) in [6.07, 6.45) is 6.01. The molecule has 0 amide bonds. The zero-order valence-corrected chi connectivity index (χ0v) is 23.4. The zero-order chi connectivity index (χ0) is 31.0. The summed E-state index contributed by atoms with van der Waals surface area (Å²) < 4.78 is 18.0. The number of fused-ring (bicyclic) bond motifs is 4. The molecule has 0 saturated carbocycles. The van der Waals surface area contributed by atoms with E-state index in [1.165, 1.54) is 49.6 Å². The second-order valence-corrected chi connectivity index (χ2v) is 12.6. The van der Waals surface area contributed by atoms with Crippen LogP contribution in [0.3, 0.4) is 0 Å². The lowest BCUT2D eigenvalue weighted by Crippen LogP contribution is -2.68. The molecule has 0 radical (unpaired) electrons. The van der Waals surface area contributed by atoms with Gasteiger partial charge in [0.15, 0.2) is 34.6 Å². The smallest absolute Gasteiger partial charge is 0.185 e. The Morgan fingerprint density at radius 1 is 0.773 bits per heavy atom. The molecule has 6 atom stereocenters. The van der Waals surface area contributed by atoms with Crippen LogP contribution in [0.2, 0.25) is 0 Å². The van der Waals surface area contributed by atoms with E-state index < -0.39 is 51.3 Å². The van der Waals surface area contributed by atoms with E-state index in [9.17, 15) is 40.2 Å². The van der Waals surface area contributed by atoms with Gasteiger partial charge in [0.05, 0.1) is 5.41 Å². The molecule has 0 aromatic heterocycles. The van der Waals surface area contributed by atoms with Crippen LogP contribution in [0.15, 0.2) is 71.7 Å². The monoisotopic (exact) mass is 600 g/mol. The van der Waals surface area contributed by atoms with E-state index in [1.54, 1.807) is 12.2 Å². The van der Waals surface area contributed by atoms with Gasteiger partial charge in [-0.15, -0.1) is 0 Å². The normalized spacial score (nSPS) is 35.9. The SMILES string of the molecule is COC1[C@@]2(O)COC3=CC(=O)C(C4[C@@]5(O)COC6=CC(=O)C=C[C@@]64c4cc(O)c(O)cc4C5)=C[C@@]31c1cc(O)c(O)cc1C2. The Labute approximate surface area is 250 Å². The average molecular weight is 601 g/mol. The Balaban J connectivity index is 1.45. The number of ketones is 2. The van der Waals surface area contributed by atoms with E-state index in [0.717, 1.165) is 0 Å². The summed E-state index contributed by atoms with van der Waals surface area (Å²) >= 11 is 0. The van der Waals surface area contributed by atoms with Crippen LogP contribution in [0.4, 0.5) is 0 Å². The minimum atomic E-state index is -1.75. The van der Waals surface area contributed by atoms with Gasteiger partial charge in [-0.2, -0.15) is 0 Å². The van der Waals surface area contributed by atoms with Crippen LogP contribution in [0.5, 0.6) is 23.0 Å². The lowest BCUT2D eigenvalue weighted by molar-refractivity contribution is -0.183. The van der Waals surface area contributed by atoms with Crippen molar-refractivity contribution in [2.45, 2.75) is 41.0 Å². The van der Waals surface area contributed by atoms with Gasteiger partial charge in [0.2, 0.25) is 0 Å². The first-order valence-electron chi connectivity index (χ1n) is 14.1. The fraction of sp³-hybridized carbons (Fsp3) is 0.333. The van der Waals surface area contributed by atoms with E-state index in [0.29, 0.717) is 22.3 Å². The molecule has 11 heteroatoms. The van der Waals surface area contributed by atoms with Crippen molar-refractivity contribution in [3.63, 3.8) is 0 Å². The molecular formula is C33H28O11. The number of rotatable bonds is 2. The molecule has 2 heterocycles. The molecule has 11 nitrogen and oxygen atoms in total. The van der Waals surface area contributed by atoms with Gasteiger partial charge < -0.3 is 44.8 Å². The molecule has 2 saturated heterocycles. The third-order valence-electron chi connectivity index (χ3n) is 10.2. The third-order valence-corrected chi connectivity index (χ3v) is 10.2. The molecule has 2 unspecified atom stereocenters. The van der Waals surface area contributed by atoms with Crippen LogP contribution in [0.1, 0.15) is 22.3 Å². The van der Waals surface area contributed by atoms with E-state index in [-0.39, 0.29) is 60.4 Å². The molecule has 2 aliphatic heterocycles. The van der Waals surface area contributed by atoms with Gasteiger partial charge in [-0.3, -0.25) is 9.59 Å². The number of aromatic hydroxyl groups is 4. The number of aliphatic hydroxyl groups is 2. The number of ether oxygens (including phenoxy) is 3. The van der Waals surface area contributed by atoms with Crippen molar-refractivity contribution in [1.82, 2.24) is 0 Å². The van der Waals surface area contributed by atoms with Crippen molar-refractivity contribution in [3.8, 4) is 23.0 Å². The first-order chi connectivity index (χ1) is 20.9. The number of carbonyl (C=O) groups excluding carboxylic acids is 2. The Hall–Kier alpha value is -4.58. The number of carbonyl (C=O) groups is 2. The maximum Gasteiger partial charge on any atom is 0.185 e. The summed E-state index contributed by atoms with van der Waals surface area (Å²) in [6, 6.07) is 5.44. The van der Waals surface area contributed by atoms with Gasteiger partial charge in [-0.1, -0.05) is 12.2 Å². The third kappa shape index (κ3) is 3.11. The predicted molar refractivity (Wildman–Crippen MR) is 150 cm³/mol. The molecule has 8 rings (SSSR count). The maximum atomic E-state index is 14.2. The number of methoxy groups -OCH3 is 1. The Kier molecular flexibility index (Phi) is 5.11. The summed E-state index contributed by atoms with van der Waals surface area (Å²) in [7, 11) is 1.42. The van der Waals surface area contributed by atoms with Crippen molar-refractivity contribution in [1.29, 1.82) is 0 Å². The minimum absolute atomic E-state index is 0.0276. The maximum absolute atomic E-state index is 14.2. The van der Waals surface area contributed by atoms with Gasteiger partial charge in [-0.05, 0) is 52.6 Å². The summed E-state index contributed by atoms with van der Waals surface area (Å²) in [5.74, 6) is -3.22. The molecule has 4 bridgehead atoms. The Bertz CT molecular complexity index is 1850. The van der Waals surface area contributed by atoms with Crippen molar-refractivity contribution >= 4 is 11.6 Å². The van der Waals surface area contributed by atoms with Gasteiger partial charge >= 0.3 is 0 Å². The van der Waals surface area contributed by atoms with Crippen molar-refractivity contribution in [2.24, 2.45) is 5.92 Å². The highest BCUT2D eigenvalue weighted by molar-refractivity contribution is 6.08. The lowest BCUT2D eigenvalue weighted by atomic mass is 9.49. The van der Waals surface area contributed by atoms with Crippen LogP contribution in [0, 0.1) is 5.92 Å². The van der Waals surface area contributed by atoms with Gasteiger partial charge in [0, 0.05) is 43.6 Å². The molecule has 44 heavy (non-hydrogen) atoms. The van der Waals surface area contributed by atoms with Crippen LogP contribution < -0.4 is 0 Å². The second kappa shape index (κ2) is 8.32. The predicted octanol–water partition coefficient (Wildman–Crippen LogP) is 1.37. The summed E-state index contributed by atoms with van der Waals surface area (Å²) in [5.41, 5.74) is -4.27. The number of allylic oxidation sites excluding steroid dienone is 4. The molecular weight excluding hydrogens is 572 g/mol. The molecule has 6 N–H and O–H groups in total. The molecule has 226 valence electrons. The van der Waals surface area contributed by atoms with Crippen molar-refractivity contribution in [2.75, 3.05) is 20.3 Å². The van der Waals surface area contributed by atoms with E-state index in [1.807, 2.05) is 0 Å². The van der Waals surface area contributed by atoms with E-state index in [4.69, 9.17) is 14.2 Å². The van der Waals surface area contributed by atoms with Gasteiger partial charge in [0.1, 0.15) is 47.5 Å². The highest BCUT2D eigenvalue weighted by Gasteiger charge is 2.67. The highest BCUT2D eigenvalue weighted by atomic mass is 16.5. The number of phenols is 4. The van der Waals surface area contributed by atoms with Gasteiger partial charge in [0.25, 0.3) is 0 Å². The lowest BCUT2D eigenvalue weighted by Gasteiger charge is -2.59. The first-order valence-corrected chi connectivity index (χ1v) is 14.1. The van der Waals surface area contributed by atoms with Crippen LogP contribution in [0.25, 0.3) is 0 Å². The molecule has 2 aromatic rings. The van der Waals surface area contributed by atoms with Crippen LogP contribution in [-0.2, 0) is 47.5 Å². The largest absolute Gasteiger partial charge is 0.504 e.